The lowest BCUT2D eigenvalue weighted by Crippen LogP contribution is -2.40. The summed E-state index contributed by atoms with van der Waals surface area (Å²) >= 11 is 0.949. The van der Waals surface area contributed by atoms with Crippen molar-refractivity contribution in [2.24, 2.45) is 7.05 Å². The lowest BCUT2D eigenvalue weighted by atomic mass is 10.1. The molecule has 0 atom stereocenters. The van der Waals surface area contributed by atoms with Crippen LogP contribution in [0.5, 0.6) is 5.75 Å². The minimum Gasteiger partial charge on any atom is -0.493 e. The first-order valence-electron chi connectivity index (χ1n) is 11.7. The van der Waals surface area contributed by atoms with E-state index in [0.717, 1.165) is 52.0 Å². The number of nitrogens with one attached hydrogen (secondary N) is 1. The van der Waals surface area contributed by atoms with E-state index in [2.05, 4.69) is 9.82 Å². The van der Waals surface area contributed by atoms with Crippen molar-refractivity contribution >= 4 is 31.6 Å². The molecular formula is C24H25N5O5S2. The summed E-state index contributed by atoms with van der Waals surface area (Å²) in [4.78, 5) is 27.5. The van der Waals surface area contributed by atoms with Crippen LogP contribution in [-0.4, -0.2) is 39.5 Å². The first-order chi connectivity index (χ1) is 17.1. The number of ether oxygens (including phenoxy) is 1. The monoisotopic (exact) mass is 527 g/mol. The van der Waals surface area contributed by atoms with Gasteiger partial charge in [0.2, 0.25) is 0 Å². The summed E-state index contributed by atoms with van der Waals surface area (Å²) in [5.74, 6) is 0.835. The zero-order valence-corrected chi connectivity index (χ0v) is 21.5. The summed E-state index contributed by atoms with van der Waals surface area (Å²) in [5, 5.41) is 4.33. The van der Waals surface area contributed by atoms with E-state index in [1.54, 1.807) is 24.1 Å². The van der Waals surface area contributed by atoms with Crippen LogP contribution in [0.25, 0.3) is 10.2 Å². The first kappa shape index (κ1) is 23.2. The van der Waals surface area contributed by atoms with Crippen molar-refractivity contribution < 1.29 is 13.2 Å². The van der Waals surface area contributed by atoms with Crippen LogP contribution in [0.1, 0.15) is 36.5 Å². The topological polar surface area (TPSA) is 117 Å². The van der Waals surface area contributed by atoms with Gasteiger partial charge in [-0.05, 0) is 43.0 Å². The largest absolute Gasteiger partial charge is 0.493 e. The molecule has 1 aliphatic heterocycles. The Morgan fingerprint density at radius 2 is 1.92 bits per heavy atom. The maximum atomic E-state index is 13.7. The van der Waals surface area contributed by atoms with E-state index in [4.69, 9.17) is 4.74 Å². The van der Waals surface area contributed by atoms with E-state index >= 15 is 0 Å². The quantitative estimate of drug-likeness (QED) is 0.392. The van der Waals surface area contributed by atoms with E-state index < -0.39 is 26.8 Å². The molecule has 1 saturated carbocycles. The number of benzene rings is 1. The normalized spacial score (nSPS) is 16.3. The third-order valence-corrected chi connectivity index (χ3v) is 9.98. The number of nitrogens with zero attached hydrogens (tertiary/aromatic N) is 4. The van der Waals surface area contributed by atoms with Gasteiger partial charge in [0.25, 0.3) is 15.6 Å². The maximum Gasteiger partial charge on any atom is 0.332 e. The average Bonchev–Trinajstić information content (AvgIpc) is 3.25. The van der Waals surface area contributed by atoms with Gasteiger partial charge in [-0.2, -0.15) is 5.10 Å². The SMILES string of the molecule is Cn1cc(Cn2c(=O)c3cc(S(=O)(=O)NC4(C)CC4)sc3n(Cc3ccc4c(c3)CCO4)c2=O)cn1. The predicted molar refractivity (Wildman–Crippen MR) is 135 cm³/mol. The average molecular weight is 528 g/mol. The second-order valence-electron chi connectivity index (χ2n) is 9.77. The van der Waals surface area contributed by atoms with Gasteiger partial charge in [0.1, 0.15) is 14.8 Å². The van der Waals surface area contributed by atoms with Crippen molar-refractivity contribution in [3.63, 3.8) is 0 Å². The molecule has 36 heavy (non-hydrogen) atoms. The van der Waals surface area contributed by atoms with Crippen LogP contribution in [-0.2, 0) is 36.6 Å². The lowest BCUT2D eigenvalue weighted by Gasteiger charge is -2.12. The zero-order valence-electron chi connectivity index (χ0n) is 19.9. The van der Waals surface area contributed by atoms with Crippen LogP contribution < -0.4 is 20.7 Å². The molecule has 0 radical (unpaired) electrons. The standard InChI is InChI=1S/C24H25N5O5S2/c1-24(6-7-24)26-36(32,33)20-10-18-21(30)28(14-16-11-25-27(2)12-16)23(31)29(22(18)35-20)13-15-3-4-19-17(9-15)5-8-34-19/h3-4,9-12,26H,5-8,13-14H2,1-2H3. The zero-order chi connectivity index (χ0) is 25.2. The molecule has 1 N–H and O–H groups in total. The number of thiophene rings is 1. The molecule has 1 aliphatic carbocycles. The van der Waals surface area contributed by atoms with Crippen LogP contribution in [0.3, 0.4) is 0 Å². The van der Waals surface area contributed by atoms with E-state index in [0.29, 0.717) is 17.0 Å². The molecule has 1 fully saturated rings. The third-order valence-electron chi connectivity index (χ3n) is 6.71. The summed E-state index contributed by atoms with van der Waals surface area (Å²) in [7, 11) is -2.08. The minimum absolute atomic E-state index is 0.0253. The fraction of sp³-hybridized carbons (Fsp3) is 0.375. The van der Waals surface area contributed by atoms with Gasteiger partial charge in [0.15, 0.2) is 0 Å². The summed E-state index contributed by atoms with van der Waals surface area (Å²) < 4.78 is 38.8. The molecule has 2 aliphatic rings. The van der Waals surface area contributed by atoms with Crippen molar-refractivity contribution in [2.45, 2.75) is 49.0 Å². The smallest absolute Gasteiger partial charge is 0.332 e. The summed E-state index contributed by atoms with van der Waals surface area (Å²) in [6, 6.07) is 7.16. The van der Waals surface area contributed by atoms with Gasteiger partial charge in [-0.25, -0.2) is 17.9 Å². The van der Waals surface area contributed by atoms with Gasteiger partial charge in [-0.1, -0.05) is 12.1 Å². The molecule has 6 rings (SSSR count). The van der Waals surface area contributed by atoms with Crippen LogP contribution in [0, 0.1) is 0 Å². The third kappa shape index (κ3) is 4.08. The van der Waals surface area contributed by atoms with Gasteiger partial charge in [-0.15, -0.1) is 11.3 Å². The van der Waals surface area contributed by atoms with Gasteiger partial charge >= 0.3 is 5.69 Å². The highest BCUT2D eigenvalue weighted by molar-refractivity contribution is 7.91. The number of fused-ring (bicyclic) bond motifs is 2. The predicted octanol–water partition coefficient (Wildman–Crippen LogP) is 1.82. The Kier molecular flexibility index (Phi) is 5.25. The molecule has 4 heterocycles. The first-order valence-corrected chi connectivity index (χ1v) is 14.0. The molecule has 0 saturated heterocycles. The Morgan fingerprint density at radius 1 is 1.14 bits per heavy atom. The molecule has 3 aromatic heterocycles. The fourth-order valence-corrected chi connectivity index (χ4v) is 7.41. The second-order valence-corrected chi connectivity index (χ2v) is 12.7. The Morgan fingerprint density at radius 3 is 2.64 bits per heavy atom. The van der Waals surface area contributed by atoms with E-state index in [1.807, 2.05) is 25.1 Å². The Balaban J connectivity index is 1.51. The van der Waals surface area contributed by atoms with Gasteiger partial charge in [-0.3, -0.25) is 18.6 Å². The minimum atomic E-state index is -3.84. The number of aromatic nitrogens is 4. The Bertz CT molecular complexity index is 1740. The van der Waals surface area contributed by atoms with Crippen molar-refractivity contribution in [2.75, 3.05) is 6.61 Å². The summed E-state index contributed by atoms with van der Waals surface area (Å²) in [6.07, 6.45) is 5.67. The molecule has 12 heteroatoms. The number of aryl methyl sites for hydroxylation is 1. The van der Waals surface area contributed by atoms with E-state index in [9.17, 15) is 18.0 Å². The summed E-state index contributed by atoms with van der Waals surface area (Å²) in [5.41, 5.74) is 1.16. The number of rotatable bonds is 7. The summed E-state index contributed by atoms with van der Waals surface area (Å²) in [6.45, 7) is 2.71. The molecule has 0 amide bonds. The van der Waals surface area contributed by atoms with Crippen molar-refractivity contribution in [1.29, 1.82) is 0 Å². The molecule has 188 valence electrons. The van der Waals surface area contributed by atoms with Crippen molar-refractivity contribution in [3.05, 3.63) is 74.2 Å². The van der Waals surface area contributed by atoms with Crippen LogP contribution in [0.4, 0.5) is 0 Å². The van der Waals surface area contributed by atoms with Crippen molar-refractivity contribution in [3.8, 4) is 5.75 Å². The van der Waals surface area contributed by atoms with E-state index in [1.165, 1.54) is 10.6 Å². The molecule has 4 aromatic rings. The molecule has 0 spiro atoms. The Hall–Kier alpha value is -3.22. The number of hydrogen-bond acceptors (Lipinski definition) is 7. The molecule has 0 bridgehead atoms. The number of sulfonamides is 1. The molecular weight excluding hydrogens is 502 g/mol. The maximum absolute atomic E-state index is 13.7. The Labute approximate surface area is 210 Å². The second kappa shape index (κ2) is 8.15. The van der Waals surface area contributed by atoms with E-state index in [-0.39, 0.29) is 22.7 Å². The van der Waals surface area contributed by atoms with Crippen LogP contribution >= 0.6 is 11.3 Å². The van der Waals surface area contributed by atoms with Gasteiger partial charge in [0.05, 0.1) is 31.3 Å². The lowest BCUT2D eigenvalue weighted by molar-refractivity contribution is 0.357. The van der Waals surface area contributed by atoms with Crippen LogP contribution in [0.2, 0.25) is 0 Å². The fourth-order valence-electron chi connectivity index (χ4n) is 4.51. The number of hydrogen-bond donors (Lipinski definition) is 1. The molecule has 1 aromatic carbocycles. The highest BCUT2D eigenvalue weighted by Crippen LogP contribution is 2.37. The van der Waals surface area contributed by atoms with Gasteiger partial charge < -0.3 is 4.74 Å². The highest BCUT2D eigenvalue weighted by atomic mass is 32.2. The molecule has 10 nitrogen and oxygen atoms in total. The van der Waals surface area contributed by atoms with Crippen molar-refractivity contribution in [1.82, 2.24) is 23.6 Å². The van der Waals surface area contributed by atoms with Crippen LogP contribution in [0.15, 0.2) is 50.5 Å². The molecule has 0 unspecified atom stereocenters. The van der Waals surface area contributed by atoms with Gasteiger partial charge in [0, 0.05) is 30.8 Å². The highest BCUT2D eigenvalue weighted by Gasteiger charge is 2.41.